The maximum absolute atomic E-state index is 12.7. The van der Waals surface area contributed by atoms with Gasteiger partial charge in [-0.3, -0.25) is 4.79 Å². The third kappa shape index (κ3) is 4.40. The Bertz CT molecular complexity index is 1400. The second-order valence-corrected chi connectivity index (χ2v) is 10.7. The molecule has 1 amide bonds. The number of hydrogen-bond donors (Lipinski definition) is 3. The molecular weight excluding hydrogens is 454 g/mol. The van der Waals surface area contributed by atoms with Crippen molar-refractivity contribution in [2.45, 2.75) is 17.7 Å². The molecule has 0 atom stereocenters. The molecule has 1 fully saturated rings. The molecule has 1 aliphatic rings. The topological polar surface area (TPSA) is 133 Å². The number of anilines is 1. The first-order valence-electron chi connectivity index (χ1n) is 9.80. The Balaban J connectivity index is 1.40. The van der Waals surface area contributed by atoms with Gasteiger partial charge >= 0.3 is 10.2 Å². The molecule has 0 radical (unpaired) electrons. The summed E-state index contributed by atoms with van der Waals surface area (Å²) in [7, 11) is -7.70. The Hall–Kier alpha value is -3.15. The molecule has 168 valence electrons. The zero-order valence-corrected chi connectivity index (χ0v) is 18.5. The molecule has 32 heavy (non-hydrogen) atoms. The second kappa shape index (κ2) is 8.41. The lowest BCUT2D eigenvalue weighted by atomic mass is 10.1. The first-order chi connectivity index (χ1) is 15.2. The molecule has 3 aromatic rings. The summed E-state index contributed by atoms with van der Waals surface area (Å²) in [6.07, 6.45) is 0.917. The quantitative estimate of drug-likeness (QED) is 0.445. The Labute approximate surface area is 185 Å². The molecule has 0 aromatic heterocycles. The normalized spacial score (nSPS) is 15.8. The first kappa shape index (κ1) is 22.1. The lowest BCUT2D eigenvalue weighted by molar-refractivity contribution is -0.117. The smallest absolute Gasteiger partial charge is 0.326 e. The van der Waals surface area contributed by atoms with E-state index in [9.17, 15) is 26.7 Å². The number of benzene rings is 3. The fraction of sp³-hybridized carbons (Fsp3) is 0.190. The largest absolute Gasteiger partial charge is 0.506 e. The summed E-state index contributed by atoms with van der Waals surface area (Å²) < 4.78 is 54.6. The summed E-state index contributed by atoms with van der Waals surface area (Å²) in [5, 5.41) is 11.7. The van der Waals surface area contributed by atoms with Crippen molar-refractivity contribution in [1.29, 1.82) is 0 Å². The van der Waals surface area contributed by atoms with E-state index in [4.69, 9.17) is 0 Å². The molecule has 0 bridgehead atoms. The zero-order valence-electron chi connectivity index (χ0n) is 16.9. The minimum absolute atomic E-state index is 0.00348. The van der Waals surface area contributed by atoms with Gasteiger partial charge in [-0.15, -0.1) is 0 Å². The number of nitrogens with one attached hydrogen (secondary N) is 2. The van der Waals surface area contributed by atoms with Crippen molar-refractivity contribution < 1.29 is 26.7 Å². The monoisotopic (exact) mass is 475 g/mol. The average molecular weight is 476 g/mol. The number of aromatic hydroxyl groups is 1. The second-order valence-electron chi connectivity index (χ2n) is 7.34. The van der Waals surface area contributed by atoms with Crippen LogP contribution in [-0.4, -0.2) is 40.9 Å². The molecule has 0 aliphatic carbocycles. The van der Waals surface area contributed by atoms with E-state index in [1.54, 1.807) is 30.3 Å². The number of fused-ring (bicyclic) bond motifs is 1. The van der Waals surface area contributed by atoms with Crippen LogP contribution in [0.1, 0.15) is 12.0 Å². The summed E-state index contributed by atoms with van der Waals surface area (Å²) in [4.78, 5) is 11.6. The van der Waals surface area contributed by atoms with E-state index >= 15 is 0 Å². The fourth-order valence-electron chi connectivity index (χ4n) is 3.60. The fourth-order valence-corrected chi connectivity index (χ4v) is 6.07. The van der Waals surface area contributed by atoms with Crippen LogP contribution in [0.25, 0.3) is 10.8 Å². The van der Waals surface area contributed by atoms with Crippen LogP contribution >= 0.6 is 0 Å². The van der Waals surface area contributed by atoms with E-state index in [2.05, 4.69) is 4.72 Å². The van der Waals surface area contributed by atoms with Crippen molar-refractivity contribution >= 4 is 42.6 Å². The van der Waals surface area contributed by atoms with Gasteiger partial charge in [-0.25, -0.2) is 22.2 Å². The lowest BCUT2D eigenvalue weighted by Crippen LogP contribution is -2.29. The van der Waals surface area contributed by atoms with E-state index in [-0.39, 0.29) is 22.9 Å². The number of hydrogen-bond acceptors (Lipinski definition) is 6. The molecular formula is C21H21N3O6S2. The van der Waals surface area contributed by atoms with Gasteiger partial charge in [0, 0.05) is 11.9 Å². The van der Waals surface area contributed by atoms with Crippen LogP contribution in [0.15, 0.2) is 65.6 Å². The van der Waals surface area contributed by atoms with Crippen molar-refractivity contribution in [3.63, 3.8) is 0 Å². The lowest BCUT2D eigenvalue weighted by Gasteiger charge is -2.16. The molecule has 4 rings (SSSR count). The molecule has 1 aliphatic heterocycles. The molecule has 3 N–H and O–H groups in total. The van der Waals surface area contributed by atoms with Crippen LogP contribution in [0.3, 0.4) is 0 Å². The summed E-state index contributed by atoms with van der Waals surface area (Å²) in [6, 6.07) is 16.8. The Morgan fingerprint density at radius 3 is 2.53 bits per heavy atom. The minimum Gasteiger partial charge on any atom is -0.506 e. The first-order valence-corrected chi connectivity index (χ1v) is 12.7. The molecule has 9 nitrogen and oxygen atoms in total. The van der Waals surface area contributed by atoms with E-state index in [1.165, 1.54) is 12.1 Å². The zero-order chi connectivity index (χ0) is 22.9. The van der Waals surface area contributed by atoms with Crippen LogP contribution in [0.4, 0.5) is 5.69 Å². The number of amides is 1. The summed E-state index contributed by atoms with van der Waals surface area (Å²) in [5.41, 5.74) is 0.704. The van der Waals surface area contributed by atoms with Crippen LogP contribution in [-0.2, 0) is 31.4 Å². The summed E-state index contributed by atoms with van der Waals surface area (Å²) in [5.74, 6) is -0.953. The molecule has 1 heterocycles. The van der Waals surface area contributed by atoms with Crippen LogP contribution in [0, 0.1) is 0 Å². The molecule has 0 unspecified atom stereocenters. The molecule has 0 saturated carbocycles. The van der Waals surface area contributed by atoms with Gasteiger partial charge in [0.25, 0.3) is 5.91 Å². The average Bonchev–Trinajstić information content (AvgIpc) is 3.02. The van der Waals surface area contributed by atoms with E-state index in [0.717, 1.165) is 9.69 Å². The number of aryl methyl sites for hydroxylation is 1. The maximum atomic E-state index is 12.7. The number of phenols is 1. The van der Waals surface area contributed by atoms with Crippen molar-refractivity contribution in [2.75, 3.05) is 17.4 Å². The number of sulfonamides is 1. The van der Waals surface area contributed by atoms with Crippen molar-refractivity contribution in [1.82, 2.24) is 9.44 Å². The summed E-state index contributed by atoms with van der Waals surface area (Å²) in [6.45, 7) is -0.210. The van der Waals surface area contributed by atoms with Gasteiger partial charge in [-0.2, -0.15) is 8.42 Å². The molecule has 3 aromatic carbocycles. The van der Waals surface area contributed by atoms with Crippen LogP contribution in [0.2, 0.25) is 0 Å². The highest BCUT2D eigenvalue weighted by molar-refractivity contribution is 7.92. The molecule has 11 heteroatoms. The van der Waals surface area contributed by atoms with Gasteiger partial charge in [0.1, 0.15) is 12.3 Å². The van der Waals surface area contributed by atoms with Crippen LogP contribution < -0.4 is 13.7 Å². The SMILES string of the molecule is O=C1CN(c2ccc(CCCNS(=O)(=O)c3cccc4ccccc34)cc2O)S(=O)(=O)N1. The van der Waals surface area contributed by atoms with Crippen LogP contribution in [0.5, 0.6) is 5.75 Å². The summed E-state index contributed by atoms with van der Waals surface area (Å²) >= 11 is 0. The molecule has 0 spiro atoms. The van der Waals surface area contributed by atoms with Gasteiger partial charge in [-0.1, -0.05) is 42.5 Å². The third-order valence-corrected chi connectivity index (χ3v) is 8.01. The Kier molecular flexibility index (Phi) is 5.80. The van der Waals surface area contributed by atoms with Crippen molar-refractivity contribution in [3.05, 3.63) is 66.2 Å². The molecule has 1 saturated heterocycles. The van der Waals surface area contributed by atoms with Crippen molar-refractivity contribution in [3.8, 4) is 5.75 Å². The third-order valence-electron chi connectivity index (χ3n) is 5.10. The van der Waals surface area contributed by atoms with Gasteiger partial charge in [0.2, 0.25) is 10.0 Å². The number of carbonyl (C=O) groups is 1. The number of rotatable bonds is 7. The van der Waals surface area contributed by atoms with E-state index in [0.29, 0.717) is 23.8 Å². The van der Waals surface area contributed by atoms with Crippen molar-refractivity contribution in [2.24, 2.45) is 0 Å². The van der Waals surface area contributed by atoms with Gasteiger partial charge in [0.15, 0.2) is 0 Å². The minimum atomic E-state index is -4.01. The highest BCUT2D eigenvalue weighted by Crippen LogP contribution is 2.31. The van der Waals surface area contributed by atoms with Gasteiger partial charge < -0.3 is 5.11 Å². The highest BCUT2D eigenvalue weighted by atomic mass is 32.2. The predicted molar refractivity (Wildman–Crippen MR) is 120 cm³/mol. The van der Waals surface area contributed by atoms with E-state index < -0.39 is 32.7 Å². The standard InChI is InChI=1S/C21H21N3O6S2/c25-19-13-15(10-11-18(19)24-14-21(26)23-32(24,29)30)5-4-12-22-31(27,28)20-9-3-7-16-6-1-2-8-17(16)20/h1-3,6-11,13,22,25H,4-5,12,14H2,(H,23,26). The van der Waals surface area contributed by atoms with Gasteiger partial charge in [0.05, 0.1) is 10.6 Å². The highest BCUT2D eigenvalue weighted by Gasteiger charge is 2.35. The number of carbonyl (C=O) groups excluding carboxylic acids is 1. The van der Waals surface area contributed by atoms with E-state index in [1.807, 2.05) is 22.9 Å². The number of phenolic OH excluding ortho intramolecular Hbond substituents is 1. The Morgan fingerprint density at radius 2 is 1.81 bits per heavy atom. The maximum Gasteiger partial charge on any atom is 0.326 e. The number of nitrogens with zero attached hydrogens (tertiary/aromatic N) is 1. The predicted octanol–water partition coefficient (Wildman–Crippen LogP) is 1.64. The Morgan fingerprint density at radius 1 is 1.06 bits per heavy atom. The van der Waals surface area contributed by atoms with Gasteiger partial charge in [-0.05, 0) is 42.0 Å².